The molecule has 5 rings (SSSR count). The van der Waals surface area contributed by atoms with Gasteiger partial charge in [0.2, 0.25) is 5.95 Å². The summed E-state index contributed by atoms with van der Waals surface area (Å²) in [5.41, 5.74) is 3.70. The van der Waals surface area contributed by atoms with Gasteiger partial charge < -0.3 is 20.1 Å². The highest BCUT2D eigenvalue weighted by Gasteiger charge is 2.17. The summed E-state index contributed by atoms with van der Waals surface area (Å²) >= 11 is 1.75. The Morgan fingerprint density at radius 2 is 2.03 bits per heavy atom. The Bertz CT molecular complexity index is 1290. The highest BCUT2D eigenvalue weighted by Crippen LogP contribution is 2.29. The summed E-state index contributed by atoms with van der Waals surface area (Å²) in [4.78, 5) is 13.2. The molecule has 2 N–H and O–H groups in total. The largest absolute Gasteiger partial charge is 0.380 e. The Labute approximate surface area is 230 Å². The Kier molecular flexibility index (Phi) is 9.47. The summed E-state index contributed by atoms with van der Waals surface area (Å²) in [5.74, 6) is 1.64. The molecule has 4 heterocycles. The number of thiophene rings is 1. The molecule has 9 nitrogen and oxygen atoms in total. The zero-order chi connectivity index (χ0) is 26.2. The molecule has 0 unspecified atom stereocenters. The van der Waals surface area contributed by atoms with Crippen LogP contribution in [-0.2, 0) is 33.6 Å². The maximum Gasteiger partial charge on any atom is 0.224 e. The molecular weight excluding hydrogens is 518 g/mol. The smallest absolute Gasteiger partial charge is 0.224 e. The van der Waals surface area contributed by atoms with E-state index in [2.05, 4.69) is 74.8 Å². The van der Waals surface area contributed by atoms with Crippen molar-refractivity contribution in [1.29, 1.82) is 0 Å². The van der Waals surface area contributed by atoms with Crippen LogP contribution in [0.5, 0.6) is 0 Å². The average Bonchev–Trinajstić information content (AvgIpc) is 3.59. The maximum atomic E-state index is 5.99. The van der Waals surface area contributed by atoms with Crippen molar-refractivity contribution in [3.05, 3.63) is 52.9 Å². The van der Waals surface area contributed by atoms with Crippen LogP contribution in [0, 0.1) is 0 Å². The molecule has 0 radical (unpaired) electrons. The first-order chi connectivity index (χ1) is 18.7. The van der Waals surface area contributed by atoms with Crippen molar-refractivity contribution >= 4 is 44.9 Å². The normalized spacial score (nSPS) is 14.4. The predicted octanol–water partition coefficient (Wildman–Crippen LogP) is 3.76. The Morgan fingerprint density at radius 3 is 2.84 bits per heavy atom. The van der Waals surface area contributed by atoms with E-state index < -0.39 is 0 Å². The van der Waals surface area contributed by atoms with E-state index in [4.69, 9.17) is 19.6 Å². The van der Waals surface area contributed by atoms with Crippen molar-refractivity contribution in [2.45, 2.75) is 13.3 Å². The third-order valence-electron chi connectivity index (χ3n) is 6.34. The molecule has 0 atom stereocenters. The topological polar surface area (TPSA) is 89.4 Å². The number of ether oxygens (including phenoxy) is 2. The zero-order valence-electron chi connectivity index (χ0n) is 22.1. The molecule has 0 amide bonds. The van der Waals surface area contributed by atoms with Crippen molar-refractivity contribution in [1.82, 2.24) is 24.6 Å². The lowest BCUT2D eigenvalue weighted by atomic mass is 10.1. The van der Waals surface area contributed by atoms with Crippen LogP contribution >= 0.6 is 11.3 Å². The van der Waals surface area contributed by atoms with E-state index in [-0.39, 0.29) is 0 Å². The van der Waals surface area contributed by atoms with Crippen LogP contribution in [0.4, 0.5) is 11.6 Å². The standard InChI is InChI=1S/C27H36N7O2S2/c1-38(2)16-14-36-20-34-26-24(19-30-27(31-26)28-8-9-33-10-12-35-13-11-33)25(32-34)21-5-3-6-22(17-21)29-18-23-7-4-15-37-23/h3-7,15,17,19,29H,8-14,16,18,20H2,1-2H3,(H,28,30,31)/q+1. The van der Waals surface area contributed by atoms with Gasteiger partial charge in [0.15, 0.2) is 5.65 Å². The van der Waals surface area contributed by atoms with E-state index in [9.17, 15) is 0 Å². The van der Waals surface area contributed by atoms with Gasteiger partial charge in [0.1, 0.15) is 18.2 Å². The van der Waals surface area contributed by atoms with Crippen LogP contribution in [0.25, 0.3) is 22.3 Å². The second-order valence-corrected chi connectivity index (χ2v) is 12.8. The van der Waals surface area contributed by atoms with Crippen LogP contribution in [0.1, 0.15) is 4.88 Å². The number of aromatic nitrogens is 4. The van der Waals surface area contributed by atoms with Crippen molar-refractivity contribution < 1.29 is 9.47 Å². The third-order valence-corrected chi connectivity index (χ3v) is 8.20. The van der Waals surface area contributed by atoms with E-state index in [0.717, 1.165) is 79.7 Å². The van der Waals surface area contributed by atoms with Gasteiger partial charge in [0.25, 0.3) is 0 Å². The van der Waals surface area contributed by atoms with Crippen LogP contribution in [0.3, 0.4) is 0 Å². The molecule has 11 heteroatoms. The third kappa shape index (κ3) is 7.23. The van der Waals surface area contributed by atoms with E-state index in [1.54, 1.807) is 11.3 Å². The van der Waals surface area contributed by atoms with Crippen LogP contribution in [0.2, 0.25) is 0 Å². The number of fused-ring (bicyclic) bond motifs is 1. The number of hydrogen-bond acceptors (Lipinski definition) is 9. The molecule has 0 aliphatic carbocycles. The zero-order valence-corrected chi connectivity index (χ0v) is 23.7. The molecular formula is C27H36N7O2S2+. The number of rotatable bonds is 13. The molecule has 1 aliphatic rings. The number of nitrogens with zero attached hydrogens (tertiary/aromatic N) is 5. The van der Waals surface area contributed by atoms with E-state index in [1.807, 2.05) is 10.9 Å². The minimum atomic E-state index is 0.341. The predicted molar refractivity (Wildman–Crippen MR) is 158 cm³/mol. The fraction of sp³-hybridized carbons (Fsp3) is 0.444. The fourth-order valence-electron chi connectivity index (χ4n) is 4.25. The van der Waals surface area contributed by atoms with E-state index in [1.165, 1.54) is 4.88 Å². The quantitative estimate of drug-likeness (QED) is 0.191. The molecule has 1 aliphatic heterocycles. The fourth-order valence-corrected chi connectivity index (χ4v) is 5.35. The lowest BCUT2D eigenvalue weighted by Gasteiger charge is -2.26. The lowest BCUT2D eigenvalue weighted by Crippen LogP contribution is -2.39. The van der Waals surface area contributed by atoms with Gasteiger partial charge in [-0.3, -0.25) is 4.90 Å². The molecule has 202 valence electrons. The Hall–Kier alpha value is -2.70. The van der Waals surface area contributed by atoms with Gasteiger partial charge in [-0.05, 0) is 34.5 Å². The van der Waals surface area contributed by atoms with Crippen molar-refractivity contribution in [2.75, 3.05) is 74.9 Å². The second kappa shape index (κ2) is 13.4. The van der Waals surface area contributed by atoms with Gasteiger partial charge in [0, 0.05) is 55.0 Å². The summed E-state index contributed by atoms with van der Waals surface area (Å²) in [6, 6.07) is 12.6. The van der Waals surface area contributed by atoms with Crippen molar-refractivity contribution in [2.24, 2.45) is 0 Å². The van der Waals surface area contributed by atoms with Crippen molar-refractivity contribution in [3.63, 3.8) is 0 Å². The van der Waals surface area contributed by atoms with Crippen LogP contribution in [-0.4, -0.2) is 88.9 Å². The second-order valence-electron chi connectivity index (χ2n) is 9.40. The van der Waals surface area contributed by atoms with Gasteiger partial charge in [0.05, 0.1) is 37.7 Å². The summed E-state index contributed by atoms with van der Waals surface area (Å²) in [6.45, 7) is 7.08. The van der Waals surface area contributed by atoms with E-state index >= 15 is 0 Å². The number of benzene rings is 1. The molecule has 4 aromatic rings. The molecule has 1 fully saturated rings. The monoisotopic (exact) mass is 554 g/mol. The minimum absolute atomic E-state index is 0.341. The van der Waals surface area contributed by atoms with Crippen LogP contribution in [0.15, 0.2) is 48.0 Å². The molecule has 0 saturated carbocycles. The van der Waals surface area contributed by atoms with Gasteiger partial charge in [-0.25, -0.2) is 9.67 Å². The van der Waals surface area contributed by atoms with Crippen molar-refractivity contribution in [3.8, 4) is 11.3 Å². The molecule has 1 aromatic carbocycles. The molecule has 3 aromatic heterocycles. The van der Waals surface area contributed by atoms with Gasteiger partial charge in [-0.2, -0.15) is 10.1 Å². The minimum Gasteiger partial charge on any atom is -0.380 e. The van der Waals surface area contributed by atoms with Gasteiger partial charge >= 0.3 is 0 Å². The Balaban J connectivity index is 1.34. The highest BCUT2D eigenvalue weighted by atomic mass is 32.2. The van der Waals surface area contributed by atoms with Crippen LogP contribution < -0.4 is 10.6 Å². The maximum absolute atomic E-state index is 5.99. The first kappa shape index (κ1) is 26.9. The molecule has 1 saturated heterocycles. The SMILES string of the molecule is C[S+](C)CCOCn1nc(-c2cccc(NCc3cccs3)c2)c2cnc(NCCN3CCOCC3)nc21. The number of hydrogen-bond donors (Lipinski definition) is 2. The van der Waals surface area contributed by atoms with E-state index in [0.29, 0.717) is 30.2 Å². The number of morpholine rings is 1. The summed E-state index contributed by atoms with van der Waals surface area (Å²) in [5, 5.41) is 14.9. The number of nitrogens with one attached hydrogen (secondary N) is 2. The summed E-state index contributed by atoms with van der Waals surface area (Å²) in [7, 11) is 0.341. The van der Waals surface area contributed by atoms with Gasteiger partial charge in [-0.15, -0.1) is 11.3 Å². The summed E-state index contributed by atoms with van der Waals surface area (Å²) in [6.07, 6.45) is 6.33. The molecule has 0 spiro atoms. The first-order valence-electron chi connectivity index (χ1n) is 12.9. The highest BCUT2D eigenvalue weighted by molar-refractivity contribution is 7.95. The van der Waals surface area contributed by atoms with Gasteiger partial charge in [-0.1, -0.05) is 18.2 Å². The molecule has 0 bridgehead atoms. The number of anilines is 2. The first-order valence-corrected chi connectivity index (χ1v) is 16.0. The summed E-state index contributed by atoms with van der Waals surface area (Å²) < 4.78 is 13.3. The average molecular weight is 555 g/mol. The molecule has 38 heavy (non-hydrogen) atoms. The Morgan fingerprint density at radius 1 is 1.13 bits per heavy atom. The lowest BCUT2D eigenvalue weighted by molar-refractivity contribution is 0.0398.